The first-order valence-corrected chi connectivity index (χ1v) is 13.8. The molecule has 1 N–H and O–H groups in total. The first-order valence-electron chi connectivity index (χ1n) is 11.2. The number of quaternary nitrogens is 1. The molecule has 1 saturated heterocycles. The molecule has 29 heavy (non-hydrogen) atoms. The van der Waals surface area contributed by atoms with Crippen LogP contribution in [0.4, 0.5) is 0 Å². The van der Waals surface area contributed by atoms with Gasteiger partial charge in [0.1, 0.15) is 0 Å². The van der Waals surface area contributed by atoms with Crippen LogP contribution in [0.2, 0.25) is 0 Å². The maximum atomic E-state index is 11.2. The van der Waals surface area contributed by atoms with Crippen molar-refractivity contribution in [3.8, 4) is 0 Å². The van der Waals surface area contributed by atoms with Gasteiger partial charge in [-0.2, -0.15) is 0 Å². The zero-order valence-corrected chi connectivity index (χ0v) is 21.9. The zero-order chi connectivity index (χ0) is 21.7. The van der Waals surface area contributed by atoms with Crippen LogP contribution in [0.15, 0.2) is 4.99 Å². The Morgan fingerprint density at radius 3 is 1.79 bits per heavy atom. The van der Waals surface area contributed by atoms with E-state index >= 15 is 0 Å². The van der Waals surface area contributed by atoms with E-state index in [1.165, 1.54) is 106 Å². The average Bonchev–Trinajstić information content (AvgIpc) is 3.08. The van der Waals surface area contributed by atoms with Crippen molar-refractivity contribution in [3.63, 3.8) is 0 Å². The number of thioether (sulfide) groups is 2. The fraction of sp³-hybridized carbons (Fsp3) is 0.857. The van der Waals surface area contributed by atoms with Gasteiger partial charge in [-0.15, -0.1) is 0 Å². The van der Waals surface area contributed by atoms with Crippen LogP contribution >= 0.6 is 23.5 Å². The van der Waals surface area contributed by atoms with Gasteiger partial charge in [0, 0.05) is 0 Å². The van der Waals surface area contributed by atoms with Crippen molar-refractivity contribution in [3.05, 3.63) is 0 Å². The Morgan fingerprint density at radius 1 is 0.931 bits per heavy atom. The van der Waals surface area contributed by atoms with Crippen molar-refractivity contribution >= 4 is 54.1 Å². The minimum absolute atomic E-state index is 0.229. The Morgan fingerprint density at radius 2 is 1.38 bits per heavy atom. The number of hydrogen-bond acceptors (Lipinski definition) is 5. The van der Waals surface area contributed by atoms with Gasteiger partial charge in [0.2, 0.25) is 0 Å². The van der Waals surface area contributed by atoms with E-state index in [0.717, 1.165) is 3.08 Å². The summed E-state index contributed by atoms with van der Waals surface area (Å²) < 4.78 is 2.39. The van der Waals surface area contributed by atoms with Crippen molar-refractivity contribution in [1.82, 2.24) is 5.32 Å². The number of amidine groups is 1. The molecule has 2 aliphatic heterocycles. The molecular weight excluding hydrogens is 469 g/mol. The molecule has 0 aliphatic carbocycles. The number of hydrogen-bond donors (Lipinski definition) is 1. The third-order valence-electron chi connectivity index (χ3n) is 5.38. The fourth-order valence-corrected chi connectivity index (χ4v) is 7.18. The van der Waals surface area contributed by atoms with Gasteiger partial charge in [-0.1, -0.05) is 53.4 Å². The molecule has 2 rings (SSSR count). The van der Waals surface area contributed by atoms with E-state index in [1.54, 1.807) is 0 Å². The first kappa shape index (κ1) is 27.0. The molecule has 0 bridgehead atoms. The van der Waals surface area contributed by atoms with E-state index in [0.29, 0.717) is 0 Å². The van der Waals surface area contributed by atoms with Crippen LogP contribution in [-0.4, -0.2) is 71.9 Å². The summed E-state index contributed by atoms with van der Waals surface area (Å²) in [4.78, 5) is 15.0. The van der Waals surface area contributed by atoms with Gasteiger partial charge in [0.25, 0.3) is 0 Å². The van der Waals surface area contributed by atoms with Crippen molar-refractivity contribution < 1.29 is 14.4 Å². The van der Waals surface area contributed by atoms with Crippen LogP contribution in [0.1, 0.15) is 79.1 Å². The Hall–Kier alpha value is -0.0105. The molecule has 0 spiro atoms. The molecular formula is C21H39N3O2S2Se. The molecule has 2 aliphatic rings. The van der Waals surface area contributed by atoms with Gasteiger partial charge in [-0.3, -0.25) is 0 Å². The summed E-state index contributed by atoms with van der Waals surface area (Å²) in [5.41, 5.74) is 0. The van der Waals surface area contributed by atoms with Crippen molar-refractivity contribution in [1.29, 1.82) is 0 Å². The number of fused-ring (bicyclic) bond motifs is 1. The molecule has 1 amide bonds. The van der Waals surface area contributed by atoms with Gasteiger partial charge in [-0.05, 0) is 25.7 Å². The summed E-state index contributed by atoms with van der Waals surface area (Å²) in [7, 11) is 0. The summed E-state index contributed by atoms with van der Waals surface area (Å²) in [6.45, 7) is 15.0. The Kier molecular flexibility index (Phi) is 13.9. The van der Waals surface area contributed by atoms with Crippen LogP contribution < -0.4 is 10.4 Å². The van der Waals surface area contributed by atoms with E-state index in [4.69, 9.17) is 0 Å². The summed E-state index contributed by atoms with van der Waals surface area (Å²) in [6, 6.07) is -0.524. The molecule has 168 valence electrons. The first-order chi connectivity index (χ1) is 13.9. The third kappa shape index (κ3) is 9.77. The van der Waals surface area contributed by atoms with Crippen LogP contribution in [0, 0.1) is 0 Å². The summed E-state index contributed by atoms with van der Waals surface area (Å²) in [5, 5.41) is 12.5. The topological polar surface area (TPSA) is 64.5 Å². The van der Waals surface area contributed by atoms with Gasteiger partial charge in [-0.25, -0.2) is 0 Å². The van der Waals surface area contributed by atoms with E-state index in [1.807, 2.05) is 0 Å². The van der Waals surface area contributed by atoms with Crippen LogP contribution in [-0.2, 0) is 4.79 Å². The minimum atomic E-state index is -0.524. The number of nitrogens with zero attached hydrogens (tertiary/aromatic N) is 2. The molecule has 0 aromatic heterocycles. The second-order valence-electron chi connectivity index (χ2n) is 7.87. The van der Waals surface area contributed by atoms with Crippen molar-refractivity contribution in [2.45, 2.75) is 89.7 Å². The molecule has 0 aromatic rings. The number of unbranched alkanes of at least 4 members (excludes halogenated alkanes) is 4. The summed E-state index contributed by atoms with van der Waals surface area (Å²) in [6.07, 6.45) is 11.1. The quantitative estimate of drug-likeness (QED) is 0.325. The van der Waals surface area contributed by atoms with Crippen LogP contribution in [0.25, 0.3) is 0 Å². The van der Waals surface area contributed by atoms with Crippen LogP contribution in [0.3, 0.4) is 0 Å². The molecule has 5 nitrogen and oxygen atoms in total. The second kappa shape index (κ2) is 14.9. The number of carbonyl (C=O) groups is 1. The Labute approximate surface area is 194 Å². The molecule has 8 heteroatoms. The molecule has 0 aromatic carbocycles. The number of aliphatic imine (C=N–C) groups is 1. The van der Waals surface area contributed by atoms with Crippen molar-refractivity contribution in [2.24, 2.45) is 4.99 Å². The number of rotatable bonds is 12. The number of amides is 1. The monoisotopic (exact) mass is 509 g/mol. The molecule has 0 saturated carbocycles. The van der Waals surface area contributed by atoms with E-state index in [2.05, 4.69) is 53.6 Å². The average molecular weight is 509 g/mol. The van der Waals surface area contributed by atoms with E-state index in [-0.39, 0.29) is 16.5 Å². The predicted molar refractivity (Wildman–Crippen MR) is 128 cm³/mol. The summed E-state index contributed by atoms with van der Waals surface area (Å²) >= 11 is 5.68. The SMILES string of the molecule is CCCC[N+](CCCC)(CCCC)CCCC.O=C1NC([O-])=NC2SC(=[Se])SC12. The van der Waals surface area contributed by atoms with Gasteiger partial charge >= 0.3 is 84.9 Å². The van der Waals surface area contributed by atoms with Gasteiger partial charge < -0.3 is 4.48 Å². The van der Waals surface area contributed by atoms with Crippen molar-refractivity contribution in [2.75, 3.05) is 26.2 Å². The Bertz CT molecular complexity index is 509. The molecule has 2 heterocycles. The molecule has 2 atom stereocenters. The normalized spacial score (nSPS) is 21.2. The molecule has 1 fully saturated rings. The number of nitrogens with one attached hydrogen (secondary N) is 1. The predicted octanol–water partition coefficient (Wildman–Crippen LogP) is 3.27. The third-order valence-corrected chi connectivity index (χ3v) is 9.07. The van der Waals surface area contributed by atoms with E-state index < -0.39 is 6.02 Å². The van der Waals surface area contributed by atoms with E-state index in [9.17, 15) is 9.90 Å². The van der Waals surface area contributed by atoms with Gasteiger partial charge in [0.05, 0.1) is 26.2 Å². The fourth-order valence-electron chi connectivity index (χ4n) is 3.60. The maximum absolute atomic E-state index is 11.2. The van der Waals surface area contributed by atoms with Gasteiger partial charge in [0.15, 0.2) is 0 Å². The second-order valence-corrected chi connectivity index (χ2v) is 12.4. The standard InChI is InChI=1S/C16H36N.C5H4N2O2S2Se/c1-5-9-13-17(14-10-6-2,15-11-7-3)16-12-8-4;8-2-1-3(7-4(9)6-2)11-5(12)10-1/h5-16H2,1-4H3;1,3H,(H2,6,7,8,9)/q+1;/p-1. The summed E-state index contributed by atoms with van der Waals surface area (Å²) in [5.74, 6) is -0.234. The number of carbonyl (C=O) groups excluding carboxylic acids is 1. The van der Waals surface area contributed by atoms with Crippen LogP contribution in [0.5, 0.6) is 0 Å². The molecule has 2 unspecified atom stereocenters. The zero-order valence-electron chi connectivity index (χ0n) is 18.6. The Balaban J connectivity index is 0.000000304. The molecule has 0 radical (unpaired) electrons.